The number of hydrogen-bond donors (Lipinski definition) is 3. The molecule has 6 heteroatoms. The Morgan fingerprint density at radius 1 is 0.933 bits per heavy atom. The molecule has 0 aromatic carbocycles. The highest BCUT2D eigenvalue weighted by Crippen LogP contribution is 1.98. The number of carboxylic acids is 2. The Kier molecular flexibility index (Phi) is 7.57. The normalized spacial score (nSPS) is 10.5. The molecule has 0 amide bonds. The van der Waals surface area contributed by atoms with Gasteiger partial charge in [0.05, 0.1) is 13.1 Å². The Bertz CT molecular complexity index is 191. The van der Waals surface area contributed by atoms with Crippen molar-refractivity contribution in [2.24, 2.45) is 0 Å². The number of unbranched alkanes of at least 4 members (excludes halogenated alkanes) is 2. The van der Waals surface area contributed by atoms with E-state index < -0.39 is 11.9 Å². The predicted molar refractivity (Wildman–Crippen MR) is 52.6 cm³/mol. The molecule has 0 heterocycles. The monoisotopic (exact) mass is 219 g/mol. The molecule has 0 bridgehead atoms. The van der Waals surface area contributed by atoms with E-state index in [9.17, 15) is 9.59 Å². The van der Waals surface area contributed by atoms with E-state index in [1.165, 1.54) is 4.90 Å². The molecule has 0 saturated heterocycles. The van der Waals surface area contributed by atoms with Crippen molar-refractivity contribution in [3.63, 3.8) is 0 Å². The van der Waals surface area contributed by atoms with Crippen molar-refractivity contribution in [2.45, 2.75) is 19.3 Å². The van der Waals surface area contributed by atoms with Gasteiger partial charge < -0.3 is 15.3 Å². The molecule has 0 aliphatic heterocycles. The van der Waals surface area contributed by atoms with Crippen molar-refractivity contribution in [3.8, 4) is 0 Å². The Labute approximate surface area is 88.1 Å². The molecule has 0 aromatic rings. The van der Waals surface area contributed by atoms with Crippen molar-refractivity contribution in [1.29, 1.82) is 0 Å². The highest BCUT2D eigenvalue weighted by atomic mass is 16.4. The van der Waals surface area contributed by atoms with Crippen LogP contribution in [0.25, 0.3) is 0 Å². The van der Waals surface area contributed by atoms with Gasteiger partial charge >= 0.3 is 11.9 Å². The average molecular weight is 219 g/mol. The van der Waals surface area contributed by atoms with Gasteiger partial charge in [0.1, 0.15) is 0 Å². The minimum absolute atomic E-state index is 0.109. The number of rotatable bonds is 9. The summed E-state index contributed by atoms with van der Waals surface area (Å²) in [6.45, 7) is 0.0211. The Morgan fingerprint density at radius 3 is 1.87 bits per heavy atom. The number of aliphatic hydroxyl groups is 1. The summed E-state index contributed by atoms with van der Waals surface area (Å²) in [5, 5.41) is 25.6. The van der Waals surface area contributed by atoms with Crippen LogP contribution in [0.15, 0.2) is 0 Å². The fourth-order valence-electron chi connectivity index (χ4n) is 1.22. The first-order chi connectivity index (χ1) is 7.06. The molecule has 0 aliphatic rings. The Morgan fingerprint density at radius 2 is 1.47 bits per heavy atom. The third-order valence-electron chi connectivity index (χ3n) is 1.85. The van der Waals surface area contributed by atoms with Gasteiger partial charge in [0.15, 0.2) is 0 Å². The van der Waals surface area contributed by atoms with Crippen LogP contribution in [0.4, 0.5) is 0 Å². The highest BCUT2D eigenvalue weighted by molar-refractivity contribution is 5.72. The van der Waals surface area contributed by atoms with Gasteiger partial charge in [0, 0.05) is 6.61 Å². The second kappa shape index (κ2) is 8.19. The van der Waals surface area contributed by atoms with E-state index in [-0.39, 0.29) is 19.7 Å². The fraction of sp³-hybridized carbons (Fsp3) is 0.778. The minimum Gasteiger partial charge on any atom is -0.480 e. The van der Waals surface area contributed by atoms with Gasteiger partial charge in [-0.05, 0) is 25.8 Å². The van der Waals surface area contributed by atoms with Crippen molar-refractivity contribution in [1.82, 2.24) is 4.90 Å². The van der Waals surface area contributed by atoms with Gasteiger partial charge in [-0.1, -0.05) is 0 Å². The maximum absolute atomic E-state index is 10.4. The van der Waals surface area contributed by atoms with E-state index in [1.807, 2.05) is 0 Å². The van der Waals surface area contributed by atoms with E-state index in [4.69, 9.17) is 15.3 Å². The van der Waals surface area contributed by atoms with Crippen molar-refractivity contribution in [2.75, 3.05) is 26.2 Å². The quantitative estimate of drug-likeness (QED) is 0.457. The minimum atomic E-state index is -1.03. The summed E-state index contributed by atoms with van der Waals surface area (Å²) in [6.07, 6.45) is 2.13. The van der Waals surface area contributed by atoms with Crippen LogP contribution in [0.5, 0.6) is 0 Å². The summed E-state index contributed by atoms with van der Waals surface area (Å²) in [5.74, 6) is -2.06. The maximum atomic E-state index is 10.4. The summed E-state index contributed by atoms with van der Waals surface area (Å²) >= 11 is 0. The van der Waals surface area contributed by atoms with Crippen LogP contribution in [0.1, 0.15) is 19.3 Å². The molecule has 3 N–H and O–H groups in total. The summed E-state index contributed by atoms with van der Waals surface area (Å²) in [4.78, 5) is 22.2. The number of hydrogen-bond acceptors (Lipinski definition) is 4. The first-order valence-corrected chi connectivity index (χ1v) is 4.83. The van der Waals surface area contributed by atoms with Gasteiger partial charge in [0.25, 0.3) is 0 Å². The van der Waals surface area contributed by atoms with Crippen LogP contribution in [0.2, 0.25) is 0 Å². The second-order valence-electron chi connectivity index (χ2n) is 3.28. The molecular weight excluding hydrogens is 202 g/mol. The summed E-state index contributed by atoms with van der Waals surface area (Å²) in [6, 6.07) is 0. The van der Waals surface area contributed by atoms with Crippen molar-refractivity contribution >= 4 is 11.9 Å². The molecule has 0 saturated carbocycles. The smallest absolute Gasteiger partial charge is 0.317 e. The molecule has 0 unspecified atom stereocenters. The zero-order valence-corrected chi connectivity index (χ0v) is 8.56. The van der Waals surface area contributed by atoms with Crippen LogP contribution in [0.3, 0.4) is 0 Å². The lowest BCUT2D eigenvalue weighted by Gasteiger charge is -2.17. The van der Waals surface area contributed by atoms with Crippen LogP contribution in [-0.2, 0) is 9.59 Å². The van der Waals surface area contributed by atoms with Gasteiger partial charge in [0.2, 0.25) is 0 Å². The summed E-state index contributed by atoms with van der Waals surface area (Å²) in [7, 11) is 0. The standard InChI is InChI=1S/C9H17NO5/c11-5-3-1-2-4-10(6-8(12)13)7-9(14)15/h11H,1-7H2,(H,12,13)(H,14,15). The zero-order valence-electron chi connectivity index (χ0n) is 8.56. The Hall–Kier alpha value is -1.14. The number of aliphatic hydroxyl groups excluding tert-OH is 1. The van der Waals surface area contributed by atoms with Gasteiger partial charge in [-0.2, -0.15) is 0 Å². The van der Waals surface area contributed by atoms with Gasteiger partial charge in [-0.25, -0.2) is 0 Å². The van der Waals surface area contributed by atoms with Crippen molar-refractivity contribution in [3.05, 3.63) is 0 Å². The third-order valence-corrected chi connectivity index (χ3v) is 1.85. The van der Waals surface area contributed by atoms with E-state index in [2.05, 4.69) is 0 Å². The number of carboxylic acid groups (broad SMARTS) is 2. The first kappa shape index (κ1) is 13.9. The molecule has 0 fully saturated rings. The first-order valence-electron chi connectivity index (χ1n) is 4.83. The van der Waals surface area contributed by atoms with E-state index in [0.29, 0.717) is 19.4 Å². The van der Waals surface area contributed by atoms with Crippen LogP contribution in [0, 0.1) is 0 Å². The van der Waals surface area contributed by atoms with E-state index in [0.717, 1.165) is 6.42 Å². The zero-order chi connectivity index (χ0) is 11.7. The number of carbonyl (C=O) groups is 2. The van der Waals surface area contributed by atoms with Crippen LogP contribution < -0.4 is 0 Å². The molecule has 88 valence electrons. The molecule has 0 aliphatic carbocycles. The lowest BCUT2D eigenvalue weighted by Crippen LogP contribution is -2.35. The van der Waals surface area contributed by atoms with Gasteiger partial charge in [-0.15, -0.1) is 0 Å². The molecule has 0 spiro atoms. The molecule has 6 nitrogen and oxygen atoms in total. The lowest BCUT2D eigenvalue weighted by molar-refractivity contribution is -0.141. The fourth-order valence-corrected chi connectivity index (χ4v) is 1.22. The van der Waals surface area contributed by atoms with E-state index in [1.54, 1.807) is 0 Å². The third kappa shape index (κ3) is 9.17. The largest absolute Gasteiger partial charge is 0.480 e. The number of aliphatic carboxylic acids is 2. The maximum Gasteiger partial charge on any atom is 0.317 e. The van der Waals surface area contributed by atoms with Crippen LogP contribution in [-0.4, -0.2) is 58.4 Å². The highest BCUT2D eigenvalue weighted by Gasteiger charge is 2.12. The molecule has 0 aromatic heterocycles. The Balaban J connectivity index is 3.79. The molecule has 15 heavy (non-hydrogen) atoms. The second-order valence-corrected chi connectivity index (χ2v) is 3.28. The topological polar surface area (TPSA) is 98.1 Å². The summed E-state index contributed by atoms with van der Waals surface area (Å²) < 4.78 is 0. The predicted octanol–water partition coefficient (Wildman–Crippen LogP) is -0.380. The molecule has 0 radical (unpaired) electrons. The average Bonchev–Trinajstić information content (AvgIpc) is 2.10. The summed E-state index contributed by atoms with van der Waals surface area (Å²) in [5.41, 5.74) is 0. The molecule has 0 atom stereocenters. The molecular formula is C9H17NO5. The number of nitrogens with zero attached hydrogens (tertiary/aromatic N) is 1. The van der Waals surface area contributed by atoms with E-state index >= 15 is 0 Å². The van der Waals surface area contributed by atoms with Crippen molar-refractivity contribution < 1.29 is 24.9 Å². The SMILES string of the molecule is O=C(O)CN(CCCCCO)CC(=O)O. The van der Waals surface area contributed by atoms with Gasteiger partial charge in [-0.3, -0.25) is 14.5 Å². The lowest BCUT2D eigenvalue weighted by atomic mass is 10.2. The molecule has 0 rings (SSSR count). The van der Waals surface area contributed by atoms with Crippen LogP contribution >= 0.6 is 0 Å².